The number of benzene rings is 1. The van der Waals surface area contributed by atoms with Crippen LogP contribution in [0, 0.1) is 0 Å². The molecule has 0 amide bonds. The Kier molecular flexibility index (Phi) is 5.16. The van der Waals surface area contributed by atoms with Crippen LogP contribution >= 0.6 is 15.9 Å². The van der Waals surface area contributed by atoms with E-state index in [-0.39, 0.29) is 22.0 Å². The molecule has 7 heteroatoms. The molecule has 1 aromatic carbocycles. The quantitative estimate of drug-likeness (QED) is 0.804. The maximum absolute atomic E-state index is 12.7. The van der Waals surface area contributed by atoms with Gasteiger partial charge in [0, 0.05) is 24.9 Å². The number of hydrogen-bond acceptors (Lipinski definition) is 3. The van der Waals surface area contributed by atoms with Crippen molar-refractivity contribution in [1.82, 2.24) is 4.72 Å². The summed E-state index contributed by atoms with van der Waals surface area (Å²) in [7, 11) is -2.05. The largest absolute Gasteiger partial charge is 0.496 e. The van der Waals surface area contributed by atoms with Crippen molar-refractivity contribution >= 4 is 26.0 Å². The van der Waals surface area contributed by atoms with Gasteiger partial charge in [0.2, 0.25) is 10.0 Å². The third kappa shape index (κ3) is 4.68. The van der Waals surface area contributed by atoms with Crippen LogP contribution in [0.2, 0.25) is 0 Å². The highest BCUT2D eigenvalue weighted by molar-refractivity contribution is 9.10. The van der Waals surface area contributed by atoms with Gasteiger partial charge in [-0.25, -0.2) is 13.1 Å². The van der Waals surface area contributed by atoms with Gasteiger partial charge in [0.1, 0.15) is 5.75 Å². The number of halogens is 1. The predicted octanol–water partition coefficient (Wildman–Crippen LogP) is 2.02. The highest BCUT2D eigenvalue weighted by Gasteiger charge is 2.42. The van der Waals surface area contributed by atoms with Crippen LogP contribution in [0.15, 0.2) is 27.6 Å². The molecule has 0 radical (unpaired) electrons. The van der Waals surface area contributed by atoms with Crippen LogP contribution in [0.4, 0.5) is 0 Å². The molecule has 5 nitrogen and oxygen atoms in total. The first-order chi connectivity index (χ1) is 10.4. The molecule has 0 spiro atoms. The third-order valence-corrected chi connectivity index (χ3v) is 6.25. The molecular weight excluding hydrogens is 380 g/mol. The molecule has 1 fully saturated rings. The molecule has 0 atom stereocenters. The van der Waals surface area contributed by atoms with Crippen LogP contribution < -0.4 is 14.8 Å². The summed E-state index contributed by atoms with van der Waals surface area (Å²) in [6.07, 6.45) is 1.59. The second kappa shape index (κ2) is 6.35. The van der Waals surface area contributed by atoms with Crippen molar-refractivity contribution in [3.8, 4) is 5.75 Å². The van der Waals surface area contributed by atoms with Crippen LogP contribution in [0.25, 0.3) is 0 Å². The second-order valence-corrected chi connectivity index (χ2v) is 10.2. The van der Waals surface area contributed by atoms with E-state index in [1.165, 1.54) is 13.2 Å². The second-order valence-electron chi connectivity index (χ2n) is 7.64. The number of nitrogens with one attached hydrogen (secondary N) is 1. The van der Waals surface area contributed by atoms with Crippen molar-refractivity contribution in [3.63, 3.8) is 0 Å². The Bertz CT molecular complexity index is 671. The lowest BCUT2D eigenvalue weighted by atomic mass is 9.80. The van der Waals surface area contributed by atoms with Crippen molar-refractivity contribution in [2.24, 2.45) is 0 Å². The van der Waals surface area contributed by atoms with Crippen LogP contribution in [0.5, 0.6) is 5.75 Å². The summed E-state index contributed by atoms with van der Waals surface area (Å²) in [5, 5.41) is 2.33. The van der Waals surface area contributed by atoms with E-state index in [4.69, 9.17) is 4.74 Å². The smallest absolute Gasteiger partial charge is 0.240 e. The molecule has 1 aliphatic rings. The fraction of sp³-hybridized carbons (Fsp3) is 0.625. The minimum absolute atomic E-state index is 0.00629. The zero-order chi connectivity index (χ0) is 17.5. The molecule has 23 heavy (non-hydrogen) atoms. The number of rotatable bonds is 4. The van der Waals surface area contributed by atoms with Crippen molar-refractivity contribution in [1.29, 1.82) is 0 Å². The topological polar surface area (TPSA) is 72.0 Å². The zero-order valence-corrected chi connectivity index (χ0v) is 16.7. The van der Waals surface area contributed by atoms with Gasteiger partial charge >= 0.3 is 0 Å². The molecule has 1 saturated heterocycles. The molecule has 0 aliphatic carbocycles. The van der Waals surface area contributed by atoms with Gasteiger partial charge in [0.05, 0.1) is 27.6 Å². The van der Waals surface area contributed by atoms with Crippen molar-refractivity contribution in [2.45, 2.75) is 62.6 Å². The Morgan fingerprint density at radius 2 is 1.78 bits per heavy atom. The van der Waals surface area contributed by atoms with Gasteiger partial charge in [-0.1, -0.05) is 0 Å². The Balaban J connectivity index is 2.24. The first-order valence-electron chi connectivity index (χ1n) is 7.67. The number of quaternary nitrogens is 1. The number of hydrogen-bond donors (Lipinski definition) is 2. The Hall–Kier alpha value is -0.630. The van der Waals surface area contributed by atoms with Gasteiger partial charge in [-0.3, -0.25) is 0 Å². The highest BCUT2D eigenvalue weighted by atomic mass is 79.9. The van der Waals surface area contributed by atoms with E-state index < -0.39 is 10.0 Å². The van der Waals surface area contributed by atoms with Crippen molar-refractivity contribution < 1.29 is 18.5 Å². The van der Waals surface area contributed by atoms with Gasteiger partial charge in [0.15, 0.2) is 0 Å². The summed E-state index contributed by atoms with van der Waals surface area (Å²) in [6.45, 7) is 8.60. The van der Waals surface area contributed by atoms with Gasteiger partial charge in [-0.2, -0.15) is 0 Å². The average molecular weight is 406 g/mol. The molecule has 1 aliphatic heterocycles. The molecule has 0 aromatic heterocycles. The molecule has 3 N–H and O–H groups in total. The van der Waals surface area contributed by atoms with E-state index in [1.807, 2.05) is 0 Å². The Morgan fingerprint density at radius 3 is 2.30 bits per heavy atom. The van der Waals surface area contributed by atoms with Crippen molar-refractivity contribution in [2.75, 3.05) is 7.11 Å². The van der Waals surface area contributed by atoms with E-state index in [0.717, 1.165) is 17.3 Å². The van der Waals surface area contributed by atoms with Crippen molar-refractivity contribution in [3.05, 3.63) is 22.7 Å². The number of methoxy groups -OCH3 is 1. The Morgan fingerprint density at radius 1 is 1.22 bits per heavy atom. The van der Waals surface area contributed by atoms with Gasteiger partial charge in [-0.05, 0) is 55.8 Å². The minimum Gasteiger partial charge on any atom is -0.496 e. The summed E-state index contributed by atoms with van der Waals surface area (Å²) in [5.74, 6) is 0.505. The molecule has 1 heterocycles. The zero-order valence-electron chi connectivity index (χ0n) is 14.3. The van der Waals surface area contributed by atoms with Crippen LogP contribution in [-0.2, 0) is 10.0 Å². The van der Waals surface area contributed by atoms with E-state index in [0.29, 0.717) is 5.75 Å². The van der Waals surface area contributed by atoms with Gasteiger partial charge in [0.25, 0.3) is 0 Å². The lowest BCUT2D eigenvalue weighted by Gasteiger charge is -2.43. The van der Waals surface area contributed by atoms with Crippen LogP contribution in [0.1, 0.15) is 40.5 Å². The van der Waals surface area contributed by atoms with E-state index in [2.05, 4.69) is 53.7 Å². The summed E-state index contributed by atoms with van der Waals surface area (Å²) < 4.78 is 34.2. The molecule has 0 saturated carbocycles. The number of ether oxygens (including phenoxy) is 1. The average Bonchev–Trinajstić information content (AvgIpc) is 2.34. The first-order valence-corrected chi connectivity index (χ1v) is 9.95. The number of sulfonamides is 1. The summed E-state index contributed by atoms with van der Waals surface area (Å²) in [5.41, 5.74) is 0.0126. The molecule has 0 bridgehead atoms. The van der Waals surface area contributed by atoms with E-state index in [1.54, 1.807) is 12.1 Å². The fourth-order valence-electron chi connectivity index (χ4n) is 3.70. The van der Waals surface area contributed by atoms with Gasteiger partial charge < -0.3 is 10.1 Å². The number of piperidine rings is 1. The normalized spacial score (nSPS) is 21.1. The summed E-state index contributed by atoms with van der Waals surface area (Å²) >= 11 is 3.34. The van der Waals surface area contributed by atoms with Gasteiger partial charge in [-0.15, -0.1) is 0 Å². The Labute approximate surface area is 147 Å². The van der Waals surface area contributed by atoms with Crippen LogP contribution in [-0.4, -0.2) is 32.6 Å². The lowest BCUT2D eigenvalue weighted by molar-refractivity contribution is -0.787. The lowest BCUT2D eigenvalue weighted by Crippen LogP contribution is -3.06. The maximum atomic E-state index is 12.7. The highest BCUT2D eigenvalue weighted by Crippen LogP contribution is 2.28. The van der Waals surface area contributed by atoms with E-state index in [9.17, 15) is 8.42 Å². The molecule has 130 valence electrons. The summed E-state index contributed by atoms with van der Waals surface area (Å²) in [4.78, 5) is 0.225. The minimum atomic E-state index is -3.57. The molecule has 2 rings (SSSR count). The summed E-state index contributed by atoms with van der Waals surface area (Å²) in [6, 6.07) is 4.73. The first kappa shape index (κ1) is 18.7. The molecule has 1 aromatic rings. The van der Waals surface area contributed by atoms with Crippen LogP contribution in [0.3, 0.4) is 0 Å². The third-order valence-electron chi connectivity index (χ3n) is 4.08. The monoisotopic (exact) mass is 405 g/mol. The predicted molar refractivity (Wildman–Crippen MR) is 94.1 cm³/mol. The molecular formula is C16H26BrN2O3S+. The number of nitrogens with two attached hydrogens (primary N) is 1. The maximum Gasteiger partial charge on any atom is 0.240 e. The molecule has 0 unspecified atom stereocenters. The fourth-order valence-corrected chi connectivity index (χ4v) is 5.36. The van der Waals surface area contributed by atoms with E-state index >= 15 is 0 Å². The SMILES string of the molecule is COc1cc(S(=O)(=O)NC2CC(C)(C)[NH2+]C(C)(C)C2)ccc1Br. The standard InChI is InChI=1S/C16H25BrN2O3S/c1-15(2)9-11(10-16(3,4)19-15)18-23(20,21)12-6-7-13(17)14(8-12)22-5/h6-8,11,18-19H,9-10H2,1-5H3/p+1.